The van der Waals surface area contributed by atoms with Gasteiger partial charge in [-0.15, -0.1) is 0 Å². The quantitative estimate of drug-likeness (QED) is 0.557. The lowest BCUT2D eigenvalue weighted by Crippen LogP contribution is -2.45. The number of nitrogens with one attached hydrogen (secondary N) is 1. The fraction of sp³-hybridized carbons (Fsp3) is 0.278. The average Bonchev–Trinajstić information content (AvgIpc) is 2.62. The minimum atomic E-state index is -3.91. The number of nitrogens with zero attached hydrogens (tertiary/aromatic N) is 2. The molecule has 1 amide bonds. The molecule has 1 N–H and O–H groups in total. The Morgan fingerprint density at radius 3 is 2.50 bits per heavy atom. The maximum Gasteiger partial charge on any atom is 0.271 e. The first-order valence-electron chi connectivity index (χ1n) is 8.24. The van der Waals surface area contributed by atoms with Crippen LogP contribution >= 0.6 is 0 Å². The molecule has 150 valence electrons. The molecular formula is C18H21N3O6S. The van der Waals surface area contributed by atoms with Crippen molar-refractivity contribution in [2.45, 2.75) is 19.9 Å². The molecule has 2 aromatic rings. The predicted molar refractivity (Wildman–Crippen MR) is 106 cm³/mol. The zero-order valence-electron chi connectivity index (χ0n) is 15.9. The van der Waals surface area contributed by atoms with Gasteiger partial charge in [0, 0.05) is 23.9 Å². The van der Waals surface area contributed by atoms with E-state index in [-0.39, 0.29) is 11.4 Å². The molecule has 0 bridgehead atoms. The number of nitro groups is 1. The van der Waals surface area contributed by atoms with Crippen LogP contribution in [0.15, 0.2) is 42.5 Å². The van der Waals surface area contributed by atoms with Crippen molar-refractivity contribution in [3.63, 3.8) is 0 Å². The molecule has 0 saturated heterocycles. The van der Waals surface area contributed by atoms with Crippen LogP contribution in [-0.2, 0) is 14.8 Å². The fourth-order valence-corrected chi connectivity index (χ4v) is 3.90. The number of carbonyl (C=O) groups is 1. The summed E-state index contributed by atoms with van der Waals surface area (Å²) in [5.41, 5.74) is 0.720. The number of benzene rings is 2. The van der Waals surface area contributed by atoms with E-state index in [0.717, 1.165) is 16.6 Å². The average molecular weight is 407 g/mol. The van der Waals surface area contributed by atoms with Gasteiger partial charge < -0.3 is 10.1 Å². The Hall–Kier alpha value is -3.14. The van der Waals surface area contributed by atoms with Crippen LogP contribution in [0, 0.1) is 17.0 Å². The Kier molecular flexibility index (Phi) is 6.24. The molecule has 0 saturated carbocycles. The highest BCUT2D eigenvalue weighted by Crippen LogP contribution is 2.29. The molecule has 28 heavy (non-hydrogen) atoms. The number of non-ortho nitro benzene ring substituents is 1. The second-order valence-electron chi connectivity index (χ2n) is 6.18. The van der Waals surface area contributed by atoms with Gasteiger partial charge in [-0.3, -0.25) is 19.2 Å². The highest BCUT2D eigenvalue weighted by molar-refractivity contribution is 7.92. The van der Waals surface area contributed by atoms with Crippen molar-refractivity contribution in [3.05, 3.63) is 58.1 Å². The normalized spacial score (nSPS) is 12.1. The van der Waals surface area contributed by atoms with Crippen molar-refractivity contribution in [3.8, 4) is 5.75 Å². The third-order valence-electron chi connectivity index (χ3n) is 4.07. The van der Waals surface area contributed by atoms with Crippen molar-refractivity contribution in [2.75, 3.05) is 23.0 Å². The molecule has 0 heterocycles. The second kappa shape index (κ2) is 8.26. The summed E-state index contributed by atoms with van der Waals surface area (Å²) < 4.78 is 30.8. The van der Waals surface area contributed by atoms with Crippen molar-refractivity contribution in [1.82, 2.24) is 0 Å². The van der Waals surface area contributed by atoms with Crippen LogP contribution in [0.1, 0.15) is 12.5 Å². The number of hydrogen-bond donors (Lipinski definition) is 1. The predicted octanol–water partition coefficient (Wildman–Crippen LogP) is 2.71. The second-order valence-corrected chi connectivity index (χ2v) is 8.04. The van der Waals surface area contributed by atoms with Gasteiger partial charge in [0.1, 0.15) is 11.8 Å². The molecule has 0 radical (unpaired) electrons. The summed E-state index contributed by atoms with van der Waals surface area (Å²) >= 11 is 0. The Bertz CT molecular complexity index is 1010. The summed E-state index contributed by atoms with van der Waals surface area (Å²) in [6, 6.07) is 9.32. The summed E-state index contributed by atoms with van der Waals surface area (Å²) in [7, 11) is -2.42. The lowest BCUT2D eigenvalue weighted by Gasteiger charge is -2.29. The number of carbonyl (C=O) groups excluding carboxylic acids is 1. The van der Waals surface area contributed by atoms with E-state index in [1.807, 2.05) is 0 Å². The smallest absolute Gasteiger partial charge is 0.271 e. The zero-order chi connectivity index (χ0) is 21.1. The van der Waals surface area contributed by atoms with E-state index in [4.69, 9.17) is 4.74 Å². The Morgan fingerprint density at radius 1 is 1.25 bits per heavy atom. The molecule has 0 aliphatic rings. The molecule has 0 fully saturated rings. The molecule has 9 nitrogen and oxygen atoms in total. The van der Waals surface area contributed by atoms with Crippen LogP contribution in [0.3, 0.4) is 0 Å². The lowest BCUT2D eigenvalue weighted by atomic mass is 10.1. The number of sulfonamides is 1. The number of nitro benzene ring substituents is 1. The maximum absolute atomic E-state index is 12.7. The molecule has 0 spiro atoms. The highest BCUT2D eigenvalue weighted by Gasteiger charge is 2.31. The van der Waals surface area contributed by atoms with Crippen LogP contribution in [0.25, 0.3) is 0 Å². The van der Waals surface area contributed by atoms with E-state index in [1.165, 1.54) is 26.2 Å². The molecule has 0 aromatic heterocycles. The van der Waals surface area contributed by atoms with Gasteiger partial charge in [0.05, 0.1) is 24.0 Å². The van der Waals surface area contributed by atoms with Crippen LogP contribution < -0.4 is 14.4 Å². The lowest BCUT2D eigenvalue weighted by molar-refractivity contribution is -0.384. The molecule has 0 aliphatic heterocycles. The third kappa shape index (κ3) is 4.77. The van der Waals surface area contributed by atoms with Gasteiger partial charge in [0.2, 0.25) is 15.9 Å². The van der Waals surface area contributed by atoms with E-state index in [2.05, 4.69) is 5.32 Å². The zero-order valence-corrected chi connectivity index (χ0v) is 16.7. The van der Waals surface area contributed by atoms with E-state index < -0.39 is 26.9 Å². The van der Waals surface area contributed by atoms with Crippen molar-refractivity contribution >= 4 is 33.0 Å². The topological polar surface area (TPSA) is 119 Å². The summed E-state index contributed by atoms with van der Waals surface area (Å²) in [6.07, 6.45) is 0.945. The molecule has 0 aliphatic carbocycles. The minimum Gasteiger partial charge on any atom is -0.497 e. The summed E-state index contributed by atoms with van der Waals surface area (Å²) in [5.74, 6) is -0.0652. The Morgan fingerprint density at radius 2 is 1.93 bits per heavy atom. The van der Waals surface area contributed by atoms with E-state index in [1.54, 1.807) is 31.2 Å². The standard InChI is InChI=1S/C18H21N3O6S/c1-12-8-9-15(21(23)24)11-17(12)20(28(4,25)26)13(2)18(22)19-14-6-5-7-16(10-14)27-3/h5-11,13H,1-4H3,(H,19,22). The van der Waals surface area contributed by atoms with Crippen molar-refractivity contribution in [2.24, 2.45) is 0 Å². The molecule has 10 heteroatoms. The summed E-state index contributed by atoms with van der Waals surface area (Å²) in [5, 5.41) is 13.7. The maximum atomic E-state index is 12.7. The van der Waals surface area contributed by atoms with E-state index in [0.29, 0.717) is 17.0 Å². The molecule has 2 aromatic carbocycles. The number of aryl methyl sites for hydroxylation is 1. The van der Waals surface area contributed by atoms with Gasteiger partial charge in [-0.05, 0) is 31.5 Å². The Balaban J connectivity index is 2.42. The van der Waals surface area contributed by atoms with Gasteiger partial charge >= 0.3 is 0 Å². The van der Waals surface area contributed by atoms with E-state index >= 15 is 0 Å². The minimum absolute atomic E-state index is 0.0741. The number of rotatable bonds is 7. The number of ether oxygens (including phenoxy) is 1. The van der Waals surface area contributed by atoms with Crippen LogP contribution in [0.4, 0.5) is 17.1 Å². The van der Waals surface area contributed by atoms with Crippen LogP contribution in [0.2, 0.25) is 0 Å². The van der Waals surface area contributed by atoms with Gasteiger partial charge in [-0.1, -0.05) is 12.1 Å². The first-order valence-corrected chi connectivity index (χ1v) is 10.1. The van der Waals surface area contributed by atoms with Gasteiger partial charge in [0.15, 0.2) is 0 Å². The number of anilines is 2. The van der Waals surface area contributed by atoms with Crippen molar-refractivity contribution < 1.29 is 22.9 Å². The SMILES string of the molecule is COc1cccc(NC(=O)C(C)N(c2cc([N+](=O)[O-])ccc2C)S(C)(=O)=O)c1. The molecule has 1 atom stereocenters. The fourth-order valence-electron chi connectivity index (χ4n) is 2.68. The largest absolute Gasteiger partial charge is 0.497 e. The van der Waals surface area contributed by atoms with Gasteiger partial charge in [0.25, 0.3) is 5.69 Å². The third-order valence-corrected chi connectivity index (χ3v) is 5.29. The van der Waals surface area contributed by atoms with Crippen LogP contribution in [0.5, 0.6) is 5.75 Å². The van der Waals surface area contributed by atoms with Crippen LogP contribution in [-0.4, -0.2) is 38.7 Å². The number of methoxy groups -OCH3 is 1. The molecule has 2 rings (SSSR count). The number of hydrogen-bond acceptors (Lipinski definition) is 6. The monoisotopic (exact) mass is 407 g/mol. The van der Waals surface area contributed by atoms with Gasteiger partial charge in [-0.2, -0.15) is 0 Å². The van der Waals surface area contributed by atoms with Gasteiger partial charge in [-0.25, -0.2) is 8.42 Å². The van der Waals surface area contributed by atoms with E-state index in [9.17, 15) is 23.3 Å². The molecular weight excluding hydrogens is 386 g/mol. The van der Waals surface area contributed by atoms with Crippen molar-refractivity contribution in [1.29, 1.82) is 0 Å². The summed E-state index contributed by atoms with van der Waals surface area (Å²) in [6.45, 7) is 3.03. The number of amides is 1. The Labute approximate surface area is 163 Å². The first-order chi connectivity index (χ1) is 13.0. The first kappa shape index (κ1) is 21.2. The molecule has 1 unspecified atom stereocenters. The highest BCUT2D eigenvalue weighted by atomic mass is 32.2. The summed E-state index contributed by atoms with van der Waals surface area (Å²) in [4.78, 5) is 23.2.